The summed E-state index contributed by atoms with van der Waals surface area (Å²) in [6.07, 6.45) is -0.675. The third kappa shape index (κ3) is 5.92. The van der Waals surface area contributed by atoms with E-state index in [0.29, 0.717) is 5.06 Å². The maximum Gasteiger partial charge on any atom is 0.334 e. The van der Waals surface area contributed by atoms with Gasteiger partial charge in [-0.15, -0.1) is 5.06 Å². The van der Waals surface area contributed by atoms with Crippen LogP contribution in [0.15, 0.2) is 0 Å². The van der Waals surface area contributed by atoms with Gasteiger partial charge in [0.1, 0.15) is 5.78 Å². The first-order valence-electron chi connectivity index (χ1n) is 6.10. The van der Waals surface area contributed by atoms with Crippen LogP contribution in [0.5, 0.6) is 0 Å². The Labute approximate surface area is 129 Å². The van der Waals surface area contributed by atoms with Crippen molar-refractivity contribution in [3.05, 3.63) is 0 Å². The van der Waals surface area contributed by atoms with Gasteiger partial charge in [0.25, 0.3) is 11.8 Å². The van der Waals surface area contributed by atoms with E-state index < -0.39 is 39.8 Å². The fourth-order valence-corrected chi connectivity index (χ4v) is 2.98. The van der Waals surface area contributed by atoms with Gasteiger partial charge < -0.3 is 4.84 Å². The van der Waals surface area contributed by atoms with Crippen LogP contribution in [-0.2, 0) is 33.9 Å². The second-order valence-electron chi connectivity index (χ2n) is 4.37. The molecule has 0 radical (unpaired) electrons. The maximum absolute atomic E-state index is 11.6. The van der Waals surface area contributed by atoms with E-state index in [4.69, 9.17) is 0 Å². The van der Waals surface area contributed by atoms with Gasteiger partial charge >= 0.3 is 5.97 Å². The van der Waals surface area contributed by atoms with E-state index in [1.165, 1.54) is 0 Å². The lowest BCUT2D eigenvalue weighted by atomic mass is 10.4. The Hall–Kier alpha value is -1.29. The Balaban J connectivity index is 2.40. The second kappa shape index (κ2) is 7.64. The van der Waals surface area contributed by atoms with Crippen molar-refractivity contribution in [3.8, 4) is 0 Å². The van der Waals surface area contributed by atoms with Gasteiger partial charge in [0.2, 0.25) is 0 Å². The minimum absolute atomic E-state index is 0.0287. The van der Waals surface area contributed by atoms with Gasteiger partial charge in [-0.1, -0.05) is 15.9 Å². The van der Waals surface area contributed by atoms with Gasteiger partial charge in [-0.3, -0.25) is 14.4 Å². The number of carbonyl (C=O) groups is 4. The van der Waals surface area contributed by atoms with Crippen LogP contribution in [0, 0.1) is 0 Å². The molecule has 0 saturated carbocycles. The Morgan fingerprint density at radius 2 is 1.62 bits per heavy atom. The molecule has 0 aromatic carbocycles. The lowest BCUT2D eigenvalue weighted by molar-refractivity contribution is -0.197. The van der Waals surface area contributed by atoms with E-state index in [-0.39, 0.29) is 36.1 Å². The molecular weight excluding hydrogens is 370 g/mol. The number of hydrogen-bond acceptors (Lipinski definition) is 7. The van der Waals surface area contributed by atoms with Gasteiger partial charge in [-0.2, -0.15) is 0 Å². The Morgan fingerprint density at radius 1 is 1.10 bits per heavy atom. The predicted octanol–water partition coefficient (Wildman–Crippen LogP) is -0.247. The van der Waals surface area contributed by atoms with E-state index in [1.54, 1.807) is 0 Å². The molecule has 1 saturated heterocycles. The molecule has 0 spiro atoms. The molecule has 1 heterocycles. The molecule has 118 valence electrons. The first kappa shape index (κ1) is 17.8. The third-order valence-electron chi connectivity index (χ3n) is 2.66. The molecule has 0 aromatic heterocycles. The standard InChI is InChI=1S/C11H14BrNO7S/c12-7-8(14)3-5-21(18,19)6-4-11(17)20-13-9(15)1-2-10(13)16/h1-7H2. The summed E-state index contributed by atoms with van der Waals surface area (Å²) in [6.45, 7) is 0. The van der Waals surface area contributed by atoms with E-state index >= 15 is 0 Å². The number of nitrogens with zero attached hydrogens (tertiary/aromatic N) is 1. The Morgan fingerprint density at radius 3 is 2.14 bits per heavy atom. The number of halogens is 1. The zero-order valence-corrected chi connectivity index (χ0v) is 13.4. The fraction of sp³-hybridized carbons (Fsp3) is 0.636. The van der Waals surface area contributed by atoms with Gasteiger partial charge in [-0.05, 0) is 0 Å². The summed E-state index contributed by atoms with van der Waals surface area (Å²) in [5.41, 5.74) is 0. The first-order chi connectivity index (χ1) is 9.75. The number of alkyl halides is 1. The monoisotopic (exact) mass is 383 g/mol. The molecule has 0 N–H and O–H groups in total. The van der Waals surface area contributed by atoms with Crippen molar-refractivity contribution in [2.45, 2.75) is 25.7 Å². The molecule has 10 heteroatoms. The fourth-order valence-electron chi connectivity index (χ4n) is 1.48. The number of sulfone groups is 1. The molecule has 0 unspecified atom stereocenters. The molecule has 1 rings (SSSR count). The van der Waals surface area contributed by atoms with Crippen LogP contribution in [0.25, 0.3) is 0 Å². The van der Waals surface area contributed by atoms with Crippen molar-refractivity contribution >= 4 is 49.3 Å². The average molecular weight is 384 g/mol. The van der Waals surface area contributed by atoms with Crippen LogP contribution in [0.3, 0.4) is 0 Å². The lowest BCUT2D eigenvalue weighted by Gasteiger charge is -2.12. The highest BCUT2D eigenvalue weighted by Gasteiger charge is 2.33. The number of hydroxylamine groups is 2. The van der Waals surface area contributed by atoms with Crippen molar-refractivity contribution in [1.82, 2.24) is 5.06 Å². The minimum Gasteiger partial charge on any atom is -0.330 e. The number of amides is 2. The van der Waals surface area contributed by atoms with Crippen molar-refractivity contribution in [3.63, 3.8) is 0 Å². The SMILES string of the molecule is O=C(CBr)CCS(=O)(=O)CCC(=O)ON1C(=O)CCC1=O. The molecule has 1 aliphatic heterocycles. The highest BCUT2D eigenvalue weighted by atomic mass is 79.9. The minimum atomic E-state index is -3.57. The molecule has 2 amide bonds. The van der Waals surface area contributed by atoms with Gasteiger partial charge in [0, 0.05) is 19.3 Å². The quantitative estimate of drug-likeness (QED) is 0.419. The first-order valence-corrected chi connectivity index (χ1v) is 9.04. The van der Waals surface area contributed by atoms with E-state index in [9.17, 15) is 27.6 Å². The largest absolute Gasteiger partial charge is 0.334 e. The summed E-state index contributed by atoms with van der Waals surface area (Å²) in [5, 5.41) is 0.438. The van der Waals surface area contributed by atoms with E-state index in [0.717, 1.165) is 0 Å². The molecular formula is C11H14BrNO7S. The van der Waals surface area contributed by atoms with Gasteiger partial charge in [0.15, 0.2) is 9.84 Å². The van der Waals surface area contributed by atoms with E-state index in [1.807, 2.05) is 0 Å². The van der Waals surface area contributed by atoms with Crippen LogP contribution in [-0.4, -0.2) is 53.9 Å². The average Bonchev–Trinajstić information content (AvgIpc) is 2.74. The number of imide groups is 1. The summed E-state index contributed by atoms with van der Waals surface area (Å²) in [6, 6.07) is 0. The summed E-state index contributed by atoms with van der Waals surface area (Å²) in [4.78, 5) is 49.4. The molecule has 0 atom stereocenters. The molecule has 0 aliphatic carbocycles. The zero-order valence-electron chi connectivity index (χ0n) is 11.0. The topological polar surface area (TPSA) is 115 Å². The molecule has 1 fully saturated rings. The van der Waals surface area contributed by atoms with Crippen LogP contribution in [0.2, 0.25) is 0 Å². The summed E-state index contributed by atoms with van der Waals surface area (Å²) < 4.78 is 23.2. The van der Waals surface area contributed by atoms with Crippen molar-refractivity contribution < 1.29 is 32.4 Å². The Bertz CT molecular complexity index is 541. The maximum atomic E-state index is 11.6. The number of rotatable bonds is 8. The van der Waals surface area contributed by atoms with Crippen molar-refractivity contribution in [2.24, 2.45) is 0 Å². The van der Waals surface area contributed by atoms with Crippen LogP contribution in [0.1, 0.15) is 25.7 Å². The van der Waals surface area contributed by atoms with Crippen LogP contribution < -0.4 is 0 Å². The van der Waals surface area contributed by atoms with Crippen molar-refractivity contribution in [1.29, 1.82) is 0 Å². The summed E-state index contributed by atoms with van der Waals surface area (Å²) in [7, 11) is -3.57. The van der Waals surface area contributed by atoms with Gasteiger partial charge in [-0.25, -0.2) is 13.2 Å². The Kier molecular flexibility index (Phi) is 6.46. The highest BCUT2D eigenvalue weighted by Crippen LogP contribution is 2.12. The summed E-state index contributed by atoms with van der Waals surface area (Å²) in [5.74, 6) is -3.34. The number of carbonyl (C=O) groups excluding carboxylic acids is 4. The zero-order chi connectivity index (χ0) is 16.0. The van der Waals surface area contributed by atoms with E-state index in [2.05, 4.69) is 20.8 Å². The summed E-state index contributed by atoms with van der Waals surface area (Å²) >= 11 is 2.92. The lowest BCUT2D eigenvalue weighted by Crippen LogP contribution is -2.32. The smallest absolute Gasteiger partial charge is 0.330 e. The normalized spacial score (nSPS) is 15.4. The second-order valence-corrected chi connectivity index (χ2v) is 7.23. The predicted molar refractivity (Wildman–Crippen MR) is 73.9 cm³/mol. The van der Waals surface area contributed by atoms with Crippen LogP contribution >= 0.6 is 15.9 Å². The third-order valence-corrected chi connectivity index (χ3v) is 4.93. The molecule has 8 nitrogen and oxygen atoms in total. The van der Waals surface area contributed by atoms with Crippen molar-refractivity contribution in [2.75, 3.05) is 16.8 Å². The number of ketones is 1. The molecule has 1 aliphatic rings. The van der Waals surface area contributed by atoms with Gasteiger partial charge in [0.05, 0.1) is 23.3 Å². The van der Waals surface area contributed by atoms with Crippen LogP contribution in [0.4, 0.5) is 0 Å². The number of hydrogen-bond donors (Lipinski definition) is 0. The molecule has 21 heavy (non-hydrogen) atoms. The number of Topliss-reactive ketones (excluding diaryl/α,β-unsaturated/α-hetero) is 1. The molecule has 0 aromatic rings. The highest BCUT2D eigenvalue weighted by molar-refractivity contribution is 9.09. The molecule has 0 bridgehead atoms.